The van der Waals surface area contributed by atoms with Crippen molar-refractivity contribution in [2.24, 2.45) is 0 Å². The van der Waals surface area contributed by atoms with Gasteiger partial charge < -0.3 is 5.32 Å². The molecular weight excluding hydrogens is 281 g/mol. The number of anilines is 1. The van der Waals surface area contributed by atoms with Gasteiger partial charge in [0.15, 0.2) is 17.2 Å². The van der Waals surface area contributed by atoms with Gasteiger partial charge in [-0.25, -0.2) is 4.98 Å². The van der Waals surface area contributed by atoms with E-state index in [2.05, 4.69) is 20.4 Å². The summed E-state index contributed by atoms with van der Waals surface area (Å²) >= 11 is 1.15. The second-order valence-electron chi connectivity index (χ2n) is 3.41. The Morgan fingerprint density at radius 2 is 2.26 bits per heavy atom. The number of nitriles is 1. The van der Waals surface area contributed by atoms with Crippen LogP contribution in [0.5, 0.6) is 0 Å². The maximum atomic E-state index is 12.2. The van der Waals surface area contributed by atoms with Gasteiger partial charge in [-0.3, -0.25) is 0 Å². The summed E-state index contributed by atoms with van der Waals surface area (Å²) in [4.78, 5) is 7.76. The Morgan fingerprint density at radius 3 is 2.84 bits per heavy atom. The van der Waals surface area contributed by atoms with Crippen molar-refractivity contribution in [3.05, 3.63) is 11.9 Å². The molecule has 0 atom stereocenters. The molecule has 6 nitrogen and oxygen atoms in total. The molecule has 2 aromatic rings. The van der Waals surface area contributed by atoms with E-state index in [1.54, 1.807) is 6.26 Å². The van der Waals surface area contributed by atoms with Crippen molar-refractivity contribution in [3.8, 4) is 6.07 Å². The molecule has 0 aliphatic heterocycles. The molecule has 0 unspecified atom stereocenters. The lowest BCUT2D eigenvalue weighted by Gasteiger charge is -2.10. The van der Waals surface area contributed by atoms with E-state index >= 15 is 0 Å². The van der Waals surface area contributed by atoms with Crippen molar-refractivity contribution >= 4 is 23.2 Å². The first-order chi connectivity index (χ1) is 8.94. The number of hydrogen-bond acceptors (Lipinski definition) is 6. The zero-order chi connectivity index (χ0) is 14.0. The lowest BCUT2D eigenvalue weighted by Crippen LogP contribution is -2.22. The van der Waals surface area contributed by atoms with E-state index in [0.29, 0.717) is 0 Å². The summed E-state index contributed by atoms with van der Waals surface area (Å²) < 4.78 is 37.8. The molecule has 1 N–H and O–H groups in total. The Labute approximate surface area is 109 Å². The predicted molar refractivity (Wildman–Crippen MR) is 61.8 cm³/mol. The molecule has 2 rings (SSSR count). The lowest BCUT2D eigenvalue weighted by atomic mass is 10.5. The molecule has 19 heavy (non-hydrogen) atoms. The lowest BCUT2D eigenvalue weighted by molar-refractivity contribution is -0.115. The van der Waals surface area contributed by atoms with Gasteiger partial charge in [-0.05, 0) is 6.26 Å². The van der Waals surface area contributed by atoms with Crippen LogP contribution in [0.1, 0.15) is 5.69 Å². The summed E-state index contributed by atoms with van der Waals surface area (Å²) in [6.45, 7) is -1.23. The minimum Gasteiger partial charge on any atom is -0.358 e. The summed E-state index contributed by atoms with van der Waals surface area (Å²) in [5.41, 5.74) is 0.210. The number of nitrogens with one attached hydrogen (secondary N) is 1. The first-order valence-corrected chi connectivity index (χ1v) is 6.17. The Morgan fingerprint density at radius 1 is 1.53 bits per heavy atom. The van der Waals surface area contributed by atoms with E-state index in [9.17, 15) is 13.2 Å². The fourth-order valence-electron chi connectivity index (χ4n) is 1.33. The van der Waals surface area contributed by atoms with E-state index in [0.717, 1.165) is 16.3 Å². The summed E-state index contributed by atoms with van der Waals surface area (Å²) in [6.07, 6.45) is -1.46. The van der Waals surface area contributed by atoms with Gasteiger partial charge in [-0.1, -0.05) is 11.8 Å². The van der Waals surface area contributed by atoms with Crippen molar-refractivity contribution in [1.82, 2.24) is 19.6 Å². The Balaban J connectivity index is 2.47. The molecule has 0 bridgehead atoms. The average Bonchev–Trinajstić information content (AvgIpc) is 2.77. The van der Waals surface area contributed by atoms with E-state index in [4.69, 9.17) is 5.26 Å². The van der Waals surface area contributed by atoms with E-state index < -0.39 is 12.7 Å². The van der Waals surface area contributed by atoms with Gasteiger partial charge in [0.25, 0.3) is 0 Å². The minimum absolute atomic E-state index is 0.0572. The van der Waals surface area contributed by atoms with Crippen molar-refractivity contribution in [2.75, 3.05) is 18.1 Å². The highest BCUT2D eigenvalue weighted by Gasteiger charge is 2.27. The second-order valence-corrected chi connectivity index (χ2v) is 4.18. The third kappa shape index (κ3) is 2.87. The van der Waals surface area contributed by atoms with Crippen molar-refractivity contribution in [3.63, 3.8) is 0 Å². The molecule has 100 valence electrons. The molecule has 10 heteroatoms. The highest BCUT2D eigenvalue weighted by Crippen LogP contribution is 2.20. The average molecular weight is 288 g/mol. The van der Waals surface area contributed by atoms with Crippen LogP contribution in [0.2, 0.25) is 0 Å². The van der Waals surface area contributed by atoms with Gasteiger partial charge in [-0.15, -0.1) is 5.10 Å². The monoisotopic (exact) mass is 288 g/mol. The normalized spacial score (nSPS) is 11.5. The SMILES string of the molecule is CSc1nc(NCC(F)(F)F)c2ncc(C#N)n2n1. The van der Waals surface area contributed by atoms with Crippen LogP contribution >= 0.6 is 11.8 Å². The molecule has 0 saturated heterocycles. The van der Waals surface area contributed by atoms with Crippen molar-refractivity contribution < 1.29 is 13.2 Å². The fraction of sp³-hybridized carbons (Fsp3) is 0.333. The number of aromatic nitrogens is 4. The molecule has 0 saturated carbocycles. The number of imidazole rings is 1. The minimum atomic E-state index is -4.37. The van der Waals surface area contributed by atoms with Gasteiger partial charge in [0.05, 0.1) is 6.20 Å². The quantitative estimate of drug-likeness (QED) is 0.866. The smallest absolute Gasteiger partial charge is 0.358 e. The molecule has 2 heterocycles. The highest BCUT2D eigenvalue weighted by atomic mass is 32.2. The molecule has 0 aliphatic rings. The van der Waals surface area contributed by atoms with Crippen LogP contribution in [0, 0.1) is 11.3 Å². The van der Waals surface area contributed by atoms with Crippen molar-refractivity contribution in [2.45, 2.75) is 11.3 Å². The standard InChI is InChI=1S/C9H7F3N6S/c1-19-8-16-6(15-4-9(10,11)12)7-14-3-5(2-13)18(7)17-8/h3H,4H2,1H3,(H,15,16,17). The topological polar surface area (TPSA) is 78.9 Å². The summed E-state index contributed by atoms with van der Waals surface area (Å²) in [7, 11) is 0. The molecule has 0 radical (unpaired) electrons. The van der Waals surface area contributed by atoms with E-state index in [1.807, 2.05) is 6.07 Å². The Hall–Kier alpha value is -2.02. The Kier molecular flexibility index (Phi) is 3.48. The largest absolute Gasteiger partial charge is 0.405 e. The molecule has 0 aromatic carbocycles. The first-order valence-electron chi connectivity index (χ1n) is 4.95. The first kappa shape index (κ1) is 13.4. The van der Waals surface area contributed by atoms with Crippen LogP contribution in [-0.4, -0.2) is 38.6 Å². The van der Waals surface area contributed by atoms with Crippen LogP contribution in [-0.2, 0) is 0 Å². The summed E-state index contributed by atoms with van der Waals surface area (Å²) in [5, 5.41) is 15.3. The number of halogens is 3. The molecule has 0 amide bonds. The number of thioether (sulfide) groups is 1. The number of rotatable bonds is 3. The maximum Gasteiger partial charge on any atom is 0.405 e. The predicted octanol–water partition coefficient (Wildman–Crippen LogP) is 1.69. The summed E-state index contributed by atoms with van der Waals surface area (Å²) in [6, 6.07) is 1.85. The summed E-state index contributed by atoms with van der Waals surface area (Å²) in [5.74, 6) is -0.0572. The van der Waals surface area contributed by atoms with Crippen LogP contribution in [0.15, 0.2) is 11.4 Å². The van der Waals surface area contributed by atoms with E-state index in [-0.39, 0.29) is 22.3 Å². The zero-order valence-electron chi connectivity index (χ0n) is 9.56. The number of hydrogen-bond donors (Lipinski definition) is 1. The molecule has 0 spiro atoms. The van der Waals surface area contributed by atoms with E-state index in [1.165, 1.54) is 6.20 Å². The highest BCUT2D eigenvalue weighted by molar-refractivity contribution is 7.98. The fourth-order valence-corrected chi connectivity index (χ4v) is 1.67. The van der Waals surface area contributed by atoms with Crippen LogP contribution in [0.4, 0.5) is 19.0 Å². The van der Waals surface area contributed by atoms with Crippen LogP contribution in [0.3, 0.4) is 0 Å². The van der Waals surface area contributed by atoms with Gasteiger partial charge in [0, 0.05) is 0 Å². The third-order valence-electron chi connectivity index (χ3n) is 2.10. The van der Waals surface area contributed by atoms with Crippen LogP contribution < -0.4 is 5.32 Å². The molecular formula is C9H7F3N6S. The number of fused-ring (bicyclic) bond motifs is 1. The second kappa shape index (κ2) is 4.93. The van der Waals surface area contributed by atoms with Crippen molar-refractivity contribution in [1.29, 1.82) is 5.26 Å². The zero-order valence-corrected chi connectivity index (χ0v) is 10.4. The maximum absolute atomic E-state index is 12.2. The Bertz CT molecular complexity index is 644. The number of alkyl halides is 3. The third-order valence-corrected chi connectivity index (χ3v) is 2.63. The van der Waals surface area contributed by atoms with Gasteiger partial charge in [-0.2, -0.15) is 27.9 Å². The van der Waals surface area contributed by atoms with Gasteiger partial charge >= 0.3 is 6.18 Å². The molecule has 2 aromatic heterocycles. The molecule has 0 fully saturated rings. The van der Waals surface area contributed by atoms with Crippen LogP contribution in [0.25, 0.3) is 5.65 Å². The van der Waals surface area contributed by atoms with Gasteiger partial charge in [0.1, 0.15) is 12.6 Å². The number of nitrogens with zero attached hydrogens (tertiary/aromatic N) is 5. The molecule has 0 aliphatic carbocycles. The van der Waals surface area contributed by atoms with Gasteiger partial charge in [0.2, 0.25) is 5.16 Å².